The summed E-state index contributed by atoms with van der Waals surface area (Å²) < 4.78 is 0. The number of carbonyl (C=O) groups excluding carboxylic acids is 1. The maximum atomic E-state index is 12.4. The van der Waals surface area contributed by atoms with Crippen molar-refractivity contribution < 1.29 is 4.79 Å². The van der Waals surface area contributed by atoms with Gasteiger partial charge in [0.2, 0.25) is 0 Å². The number of amidine groups is 1. The second kappa shape index (κ2) is 6.75. The fraction of sp³-hybridized carbons (Fsp3) is 0.111. The van der Waals surface area contributed by atoms with Crippen LogP contribution in [0, 0.1) is 0 Å². The van der Waals surface area contributed by atoms with Gasteiger partial charge in [0.05, 0.1) is 22.8 Å². The Labute approximate surface area is 159 Å². The normalized spacial score (nSPS) is 15.7. The first-order chi connectivity index (χ1) is 12.1. The highest BCUT2D eigenvalue weighted by atomic mass is 35.5. The Hall–Kier alpha value is -1.95. The third kappa shape index (κ3) is 3.27. The molecule has 0 aliphatic carbocycles. The van der Waals surface area contributed by atoms with Gasteiger partial charge in [-0.15, -0.1) is 0 Å². The molecule has 0 radical (unpaired) electrons. The van der Waals surface area contributed by atoms with Gasteiger partial charge in [-0.2, -0.15) is 0 Å². The molecule has 0 atom stereocenters. The highest BCUT2D eigenvalue weighted by Crippen LogP contribution is 2.35. The molecule has 2 aliphatic rings. The van der Waals surface area contributed by atoms with Gasteiger partial charge in [-0.3, -0.25) is 9.79 Å². The van der Waals surface area contributed by atoms with E-state index in [2.05, 4.69) is 20.6 Å². The number of fused-ring (bicyclic) bond motifs is 1. The Balaban J connectivity index is 1.49. The molecule has 2 aromatic carbocycles. The minimum atomic E-state index is -0.265. The highest BCUT2D eigenvalue weighted by Gasteiger charge is 2.26. The van der Waals surface area contributed by atoms with Crippen molar-refractivity contribution in [1.29, 1.82) is 0 Å². The van der Waals surface area contributed by atoms with Gasteiger partial charge in [0.25, 0.3) is 5.91 Å². The van der Waals surface area contributed by atoms with Gasteiger partial charge in [-0.25, -0.2) is 0 Å². The Bertz CT molecular complexity index is 909. The smallest absolute Gasteiger partial charge is 0.257 e. The number of carbonyl (C=O) groups is 1. The molecule has 0 spiro atoms. The van der Waals surface area contributed by atoms with E-state index in [-0.39, 0.29) is 5.91 Å². The van der Waals surface area contributed by atoms with Gasteiger partial charge in [-0.1, -0.05) is 47.1 Å². The fourth-order valence-corrected chi connectivity index (χ4v) is 4.20. The van der Waals surface area contributed by atoms with Crippen LogP contribution >= 0.6 is 35.0 Å². The predicted molar refractivity (Wildman–Crippen MR) is 105 cm³/mol. The lowest BCUT2D eigenvalue weighted by molar-refractivity contribution is 0.102. The molecular weight excluding hydrogens is 377 g/mol. The van der Waals surface area contributed by atoms with E-state index in [9.17, 15) is 4.79 Å². The Morgan fingerprint density at radius 3 is 2.72 bits per heavy atom. The molecule has 0 bridgehead atoms. The molecule has 2 heterocycles. The van der Waals surface area contributed by atoms with Gasteiger partial charge in [0, 0.05) is 22.7 Å². The maximum Gasteiger partial charge on any atom is 0.257 e. The number of hydrogen-bond donors (Lipinski definition) is 1. The molecule has 4 nitrogen and oxygen atoms in total. The van der Waals surface area contributed by atoms with Crippen LogP contribution in [0.5, 0.6) is 0 Å². The van der Waals surface area contributed by atoms with Gasteiger partial charge in [0.1, 0.15) is 0 Å². The first kappa shape index (κ1) is 16.5. The second-order valence-electron chi connectivity index (χ2n) is 5.59. The highest BCUT2D eigenvalue weighted by molar-refractivity contribution is 8.16. The van der Waals surface area contributed by atoms with Crippen LogP contribution in [0.4, 0.5) is 5.69 Å². The Morgan fingerprint density at radius 1 is 1.16 bits per heavy atom. The van der Waals surface area contributed by atoms with Crippen molar-refractivity contribution in [2.45, 2.75) is 0 Å². The lowest BCUT2D eigenvalue weighted by atomic mass is 10.1. The average molecular weight is 390 g/mol. The molecule has 1 N–H and O–H groups in total. The number of anilines is 1. The lowest BCUT2D eigenvalue weighted by Gasteiger charge is -2.17. The average Bonchev–Trinajstić information content (AvgIpc) is 3.19. The summed E-state index contributed by atoms with van der Waals surface area (Å²) in [5, 5.41) is 6.85. The van der Waals surface area contributed by atoms with Crippen LogP contribution in [0.3, 0.4) is 0 Å². The number of rotatable bonds is 3. The van der Waals surface area contributed by atoms with Gasteiger partial charge < -0.3 is 10.2 Å². The van der Waals surface area contributed by atoms with E-state index >= 15 is 0 Å². The van der Waals surface area contributed by atoms with Crippen molar-refractivity contribution in [3.05, 3.63) is 69.0 Å². The van der Waals surface area contributed by atoms with Crippen LogP contribution < -0.4 is 5.32 Å². The molecule has 0 aromatic heterocycles. The minimum Gasteiger partial charge on any atom is -0.322 e. The topological polar surface area (TPSA) is 44.7 Å². The second-order valence-corrected chi connectivity index (χ2v) is 7.27. The van der Waals surface area contributed by atoms with E-state index in [4.69, 9.17) is 23.2 Å². The number of benzene rings is 2. The van der Waals surface area contributed by atoms with Crippen molar-refractivity contribution in [3.63, 3.8) is 0 Å². The Morgan fingerprint density at radius 2 is 1.96 bits per heavy atom. The Kier molecular flexibility index (Phi) is 4.46. The van der Waals surface area contributed by atoms with Crippen molar-refractivity contribution in [3.8, 4) is 0 Å². The van der Waals surface area contributed by atoms with Crippen LogP contribution in [0.2, 0.25) is 10.0 Å². The minimum absolute atomic E-state index is 0.265. The monoisotopic (exact) mass is 389 g/mol. The predicted octanol–water partition coefficient (Wildman–Crippen LogP) is 4.96. The molecule has 0 fully saturated rings. The zero-order valence-corrected chi connectivity index (χ0v) is 15.3. The van der Waals surface area contributed by atoms with Crippen LogP contribution in [0.25, 0.3) is 5.70 Å². The molecule has 25 heavy (non-hydrogen) atoms. The number of hydrogen-bond acceptors (Lipinski definition) is 4. The van der Waals surface area contributed by atoms with Crippen LogP contribution in [0.15, 0.2) is 52.9 Å². The third-order valence-electron chi connectivity index (χ3n) is 3.98. The number of halogens is 2. The van der Waals surface area contributed by atoms with E-state index in [1.165, 1.54) is 0 Å². The largest absolute Gasteiger partial charge is 0.322 e. The van der Waals surface area contributed by atoms with E-state index in [0.717, 1.165) is 29.5 Å². The molecular formula is C18H13Cl2N3OS. The molecule has 7 heteroatoms. The van der Waals surface area contributed by atoms with Gasteiger partial charge >= 0.3 is 0 Å². The molecule has 0 unspecified atom stereocenters. The van der Waals surface area contributed by atoms with Gasteiger partial charge in [0.15, 0.2) is 5.17 Å². The maximum absolute atomic E-state index is 12.4. The van der Waals surface area contributed by atoms with Crippen LogP contribution in [-0.4, -0.2) is 29.1 Å². The SMILES string of the molecule is O=C(Nc1ccc(C2=CSC3=NCCN23)cc1)c1ccc(Cl)cc1Cl. The summed E-state index contributed by atoms with van der Waals surface area (Å²) in [7, 11) is 0. The number of nitrogens with one attached hydrogen (secondary N) is 1. The first-order valence-corrected chi connectivity index (χ1v) is 9.31. The van der Waals surface area contributed by atoms with Gasteiger partial charge in [-0.05, 0) is 35.9 Å². The fourth-order valence-electron chi connectivity index (χ4n) is 2.74. The summed E-state index contributed by atoms with van der Waals surface area (Å²) in [6, 6.07) is 12.6. The standard InChI is InChI=1S/C18H13Cl2N3OS/c19-12-3-6-14(15(20)9-12)17(24)22-13-4-1-11(2-5-13)16-10-25-18-21-7-8-23(16)18/h1-6,9-10H,7-8H2,(H,22,24). The molecule has 0 saturated heterocycles. The summed E-state index contributed by atoms with van der Waals surface area (Å²) in [5.41, 5.74) is 3.35. The zero-order valence-electron chi connectivity index (χ0n) is 13.0. The van der Waals surface area contributed by atoms with Crippen LogP contribution in [-0.2, 0) is 0 Å². The first-order valence-electron chi connectivity index (χ1n) is 7.67. The zero-order chi connectivity index (χ0) is 17.4. The van der Waals surface area contributed by atoms with Crippen molar-refractivity contribution in [2.75, 3.05) is 18.4 Å². The summed E-state index contributed by atoms with van der Waals surface area (Å²) in [6.07, 6.45) is 0. The van der Waals surface area contributed by atoms with E-state index in [0.29, 0.717) is 21.3 Å². The van der Waals surface area contributed by atoms with Crippen molar-refractivity contribution in [1.82, 2.24) is 4.90 Å². The molecule has 126 valence electrons. The molecule has 2 aromatic rings. The van der Waals surface area contributed by atoms with E-state index in [1.807, 2.05) is 24.3 Å². The number of aliphatic imine (C=N–C) groups is 1. The molecule has 4 rings (SSSR count). The molecule has 2 aliphatic heterocycles. The molecule has 0 saturated carbocycles. The quantitative estimate of drug-likeness (QED) is 0.806. The molecule has 1 amide bonds. The number of nitrogens with zero attached hydrogens (tertiary/aromatic N) is 2. The van der Waals surface area contributed by atoms with Crippen LogP contribution in [0.1, 0.15) is 15.9 Å². The summed E-state index contributed by atoms with van der Waals surface area (Å²) >= 11 is 13.6. The summed E-state index contributed by atoms with van der Waals surface area (Å²) in [4.78, 5) is 19.0. The van der Waals surface area contributed by atoms with E-state index in [1.54, 1.807) is 30.0 Å². The van der Waals surface area contributed by atoms with E-state index < -0.39 is 0 Å². The third-order valence-corrected chi connectivity index (χ3v) is 5.43. The van der Waals surface area contributed by atoms with Crippen molar-refractivity contribution >= 4 is 57.4 Å². The lowest BCUT2D eigenvalue weighted by Crippen LogP contribution is -2.19. The number of amides is 1. The number of thioether (sulfide) groups is 1. The van der Waals surface area contributed by atoms with Crippen molar-refractivity contribution in [2.24, 2.45) is 4.99 Å². The summed E-state index contributed by atoms with van der Waals surface area (Å²) in [5.74, 6) is -0.265. The summed E-state index contributed by atoms with van der Waals surface area (Å²) in [6.45, 7) is 1.76.